The van der Waals surface area contributed by atoms with Crippen LogP contribution in [0.4, 0.5) is 0 Å². The molecule has 0 aromatic heterocycles. The van der Waals surface area contributed by atoms with Gasteiger partial charge in [0.05, 0.1) is 0 Å². The highest BCUT2D eigenvalue weighted by atomic mass is 16.1. The third-order valence-corrected chi connectivity index (χ3v) is 4.64. The predicted molar refractivity (Wildman–Crippen MR) is 74.1 cm³/mol. The fourth-order valence-electron chi connectivity index (χ4n) is 3.15. The molecule has 0 aliphatic heterocycles. The molecule has 0 spiro atoms. The van der Waals surface area contributed by atoms with Gasteiger partial charge in [0.2, 0.25) is 5.91 Å². The lowest BCUT2D eigenvalue weighted by atomic mass is 9.93. The highest BCUT2D eigenvalue weighted by molar-refractivity contribution is 5.76. The molecule has 0 saturated heterocycles. The molecule has 3 nitrogen and oxygen atoms in total. The molecular weight excluding hydrogens is 224 g/mol. The zero-order valence-electron chi connectivity index (χ0n) is 11.7. The maximum absolute atomic E-state index is 11.9. The number of carbonyl (C=O) groups excluding carboxylic acids is 1. The standard InChI is InChI=1S/C15H28N2O/c1-11(12-6-4-2-3-5-7-12)17-15(18)10-14(16)13-8-9-13/h11-14H,2-10,16H2,1H3,(H,17,18)/t11-,14?/m0/s1. The second-order valence-electron chi connectivity index (χ2n) is 6.31. The van der Waals surface area contributed by atoms with Gasteiger partial charge in [-0.05, 0) is 44.4 Å². The van der Waals surface area contributed by atoms with Crippen molar-refractivity contribution in [3.8, 4) is 0 Å². The fraction of sp³-hybridized carbons (Fsp3) is 0.933. The largest absolute Gasteiger partial charge is 0.353 e. The van der Waals surface area contributed by atoms with Gasteiger partial charge in [-0.15, -0.1) is 0 Å². The molecule has 0 aromatic carbocycles. The molecule has 0 aromatic rings. The normalized spacial score (nSPS) is 25.2. The number of hydrogen-bond donors (Lipinski definition) is 2. The molecule has 0 radical (unpaired) electrons. The molecule has 2 saturated carbocycles. The molecule has 2 aliphatic carbocycles. The number of nitrogens with one attached hydrogen (secondary N) is 1. The Morgan fingerprint density at radius 3 is 2.28 bits per heavy atom. The predicted octanol–water partition coefficient (Wildman–Crippen LogP) is 2.59. The molecule has 1 amide bonds. The fourth-order valence-corrected chi connectivity index (χ4v) is 3.15. The van der Waals surface area contributed by atoms with E-state index < -0.39 is 0 Å². The summed E-state index contributed by atoms with van der Waals surface area (Å²) in [5, 5.41) is 3.17. The van der Waals surface area contributed by atoms with E-state index in [-0.39, 0.29) is 11.9 Å². The van der Waals surface area contributed by atoms with Gasteiger partial charge in [0.15, 0.2) is 0 Å². The monoisotopic (exact) mass is 252 g/mol. The molecule has 1 unspecified atom stereocenters. The van der Waals surface area contributed by atoms with Crippen molar-refractivity contribution in [1.82, 2.24) is 5.32 Å². The minimum atomic E-state index is 0.0892. The van der Waals surface area contributed by atoms with E-state index in [1.54, 1.807) is 0 Å². The van der Waals surface area contributed by atoms with Crippen LogP contribution in [-0.4, -0.2) is 18.0 Å². The molecule has 0 heterocycles. The molecule has 2 rings (SSSR count). The van der Waals surface area contributed by atoms with E-state index in [2.05, 4.69) is 12.2 Å². The minimum Gasteiger partial charge on any atom is -0.353 e. The van der Waals surface area contributed by atoms with E-state index >= 15 is 0 Å². The number of amides is 1. The van der Waals surface area contributed by atoms with Gasteiger partial charge >= 0.3 is 0 Å². The SMILES string of the molecule is C[C@H](NC(=O)CC(N)C1CC1)C1CCCCCC1. The van der Waals surface area contributed by atoms with Crippen molar-refractivity contribution >= 4 is 5.91 Å². The lowest BCUT2D eigenvalue weighted by molar-refractivity contribution is -0.122. The smallest absolute Gasteiger partial charge is 0.221 e. The molecule has 18 heavy (non-hydrogen) atoms. The maximum Gasteiger partial charge on any atom is 0.221 e. The number of carbonyl (C=O) groups is 1. The van der Waals surface area contributed by atoms with Gasteiger partial charge in [-0.1, -0.05) is 25.7 Å². The third-order valence-electron chi connectivity index (χ3n) is 4.64. The van der Waals surface area contributed by atoms with Gasteiger partial charge in [0.25, 0.3) is 0 Å². The average molecular weight is 252 g/mol. The van der Waals surface area contributed by atoms with Crippen molar-refractivity contribution < 1.29 is 4.79 Å². The second-order valence-corrected chi connectivity index (χ2v) is 6.31. The average Bonchev–Trinajstić information content (AvgIpc) is 3.16. The highest BCUT2D eigenvalue weighted by Gasteiger charge is 2.30. The van der Waals surface area contributed by atoms with Crippen LogP contribution >= 0.6 is 0 Å². The van der Waals surface area contributed by atoms with Crippen LogP contribution in [0.5, 0.6) is 0 Å². The topological polar surface area (TPSA) is 55.1 Å². The lowest BCUT2D eigenvalue weighted by Gasteiger charge is -2.24. The summed E-state index contributed by atoms with van der Waals surface area (Å²) >= 11 is 0. The first-order chi connectivity index (χ1) is 8.66. The molecular formula is C15H28N2O. The zero-order valence-corrected chi connectivity index (χ0v) is 11.7. The van der Waals surface area contributed by atoms with Crippen LogP contribution in [0, 0.1) is 11.8 Å². The van der Waals surface area contributed by atoms with E-state index in [4.69, 9.17) is 5.73 Å². The van der Waals surface area contributed by atoms with Crippen LogP contribution in [0.25, 0.3) is 0 Å². The van der Waals surface area contributed by atoms with Gasteiger partial charge in [-0.25, -0.2) is 0 Å². The van der Waals surface area contributed by atoms with Gasteiger partial charge in [-0.2, -0.15) is 0 Å². The highest BCUT2D eigenvalue weighted by Crippen LogP contribution is 2.32. The maximum atomic E-state index is 11.9. The van der Waals surface area contributed by atoms with Crippen LogP contribution in [-0.2, 0) is 4.79 Å². The number of hydrogen-bond acceptors (Lipinski definition) is 2. The summed E-state index contributed by atoms with van der Waals surface area (Å²) in [5.41, 5.74) is 6.00. The first-order valence-corrected chi connectivity index (χ1v) is 7.71. The van der Waals surface area contributed by atoms with Crippen molar-refractivity contribution in [3.63, 3.8) is 0 Å². The Labute approximate surface area is 111 Å². The second kappa shape index (κ2) is 6.55. The summed E-state index contributed by atoms with van der Waals surface area (Å²) in [6.07, 6.45) is 10.9. The summed E-state index contributed by atoms with van der Waals surface area (Å²) in [7, 11) is 0. The Kier molecular flexibility index (Phi) is 5.04. The van der Waals surface area contributed by atoms with E-state index in [0.717, 1.165) is 0 Å². The van der Waals surface area contributed by atoms with Gasteiger partial charge < -0.3 is 11.1 Å². The lowest BCUT2D eigenvalue weighted by Crippen LogP contribution is -2.41. The first kappa shape index (κ1) is 13.9. The number of nitrogens with two attached hydrogens (primary N) is 1. The molecule has 3 heteroatoms. The van der Waals surface area contributed by atoms with Crippen molar-refractivity contribution in [1.29, 1.82) is 0 Å². The van der Waals surface area contributed by atoms with Crippen molar-refractivity contribution in [3.05, 3.63) is 0 Å². The van der Waals surface area contributed by atoms with Crippen LogP contribution in [0.2, 0.25) is 0 Å². The Morgan fingerprint density at radius 2 is 1.72 bits per heavy atom. The van der Waals surface area contributed by atoms with Crippen molar-refractivity contribution in [2.75, 3.05) is 0 Å². The Bertz CT molecular complexity index is 268. The van der Waals surface area contributed by atoms with E-state index in [0.29, 0.717) is 24.3 Å². The molecule has 2 atom stereocenters. The van der Waals surface area contributed by atoms with Crippen LogP contribution < -0.4 is 11.1 Å². The number of rotatable bonds is 5. The molecule has 0 bridgehead atoms. The van der Waals surface area contributed by atoms with Gasteiger partial charge in [0, 0.05) is 18.5 Å². The van der Waals surface area contributed by atoms with Gasteiger partial charge in [-0.3, -0.25) is 4.79 Å². The molecule has 2 fully saturated rings. The summed E-state index contributed by atoms with van der Waals surface area (Å²) < 4.78 is 0. The first-order valence-electron chi connectivity index (χ1n) is 7.71. The van der Waals surface area contributed by atoms with Crippen LogP contribution in [0.3, 0.4) is 0 Å². The molecule has 3 N–H and O–H groups in total. The van der Waals surface area contributed by atoms with E-state index in [1.165, 1.54) is 51.4 Å². The Morgan fingerprint density at radius 1 is 1.11 bits per heavy atom. The quantitative estimate of drug-likeness (QED) is 0.739. The summed E-state index contributed by atoms with van der Waals surface area (Å²) in [5.74, 6) is 1.45. The summed E-state index contributed by atoms with van der Waals surface area (Å²) in [4.78, 5) is 11.9. The summed E-state index contributed by atoms with van der Waals surface area (Å²) in [6.45, 7) is 2.16. The van der Waals surface area contributed by atoms with Crippen LogP contribution in [0.1, 0.15) is 64.7 Å². The van der Waals surface area contributed by atoms with E-state index in [9.17, 15) is 4.79 Å². The molecule has 2 aliphatic rings. The van der Waals surface area contributed by atoms with Crippen molar-refractivity contribution in [2.24, 2.45) is 17.6 Å². The van der Waals surface area contributed by atoms with E-state index in [1.807, 2.05) is 0 Å². The van der Waals surface area contributed by atoms with Gasteiger partial charge in [0.1, 0.15) is 0 Å². The Hall–Kier alpha value is -0.570. The van der Waals surface area contributed by atoms with Crippen molar-refractivity contribution in [2.45, 2.75) is 76.8 Å². The van der Waals surface area contributed by atoms with Crippen LogP contribution in [0.15, 0.2) is 0 Å². The minimum absolute atomic E-state index is 0.0892. The zero-order chi connectivity index (χ0) is 13.0. The summed E-state index contributed by atoms with van der Waals surface area (Å²) in [6, 6.07) is 0.410. The Balaban J connectivity index is 1.71. The molecule has 104 valence electrons. The third kappa shape index (κ3) is 4.27.